The summed E-state index contributed by atoms with van der Waals surface area (Å²) in [5, 5.41) is 9.99. The van der Waals surface area contributed by atoms with Crippen LogP contribution in [-0.2, 0) is 11.3 Å². The molecule has 0 atom stereocenters. The van der Waals surface area contributed by atoms with Gasteiger partial charge in [-0.15, -0.1) is 0 Å². The van der Waals surface area contributed by atoms with Crippen LogP contribution in [0.5, 0.6) is 0 Å². The molecule has 0 radical (unpaired) electrons. The highest BCUT2D eigenvalue weighted by molar-refractivity contribution is 5.12. The van der Waals surface area contributed by atoms with E-state index in [0.29, 0.717) is 12.7 Å². The third-order valence-corrected chi connectivity index (χ3v) is 2.14. The van der Waals surface area contributed by atoms with Crippen LogP contribution in [0.15, 0.2) is 6.20 Å². The fourth-order valence-corrected chi connectivity index (χ4v) is 1.10. The van der Waals surface area contributed by atoms with Crippen molar-refractivity contribution in [2.75, 3.05) is 13.1 Å². The lowest BCUT2D eigenvalue weighted by molar-refractivity contribution is 0.00583. The number of hydrogen-bond donors (Lipinski definition) is 2. The normalized spacial score (nSPS) is 17.8. The van der Waals surface area contributed by atoms with Crippen molar-refractivity contribution in [3.8, 4) is 0 Å². The zero-order valence-corrected chi connectivity index (χ0v) is 7.13. The summed E-state index contributed by atoms with van der Waals surface area (Å²) < 4.78 is 5.57. The van der Waals surface area contributed by atoms with E-state index in [1.54, 1.807) is 0 Å². The third kappa shape index (κ3) is 1.49. The number of H-pyrrole nitrogens is 1. The predicted octanol–water partition coefficient (Wildman–Crippen LogP) is 0.207. The number of rotatable bonds is 3. The number of nitrogens with zero attached hydrogens (tertiary/aromatic N) is 1. The Morgan fingerprint density at radius 3 is 3.00 bits per heavy atom. The Balaban J connectivity index is 1.82. The average molecular weight is 167 g/mol. The Bertz CT molecular complexity index is 255. The van der Waals surface area contributed by atoms with Gasteiger partial charge in [0, 0.05) is 13.1 Å². The molecule has 0 amide bonds. The van der Waals surface area contributed by atoms with E-state index < -0.39 is 0 Å². The largest absolute Gasteiger partial charge is 0.369 e. The van der Waals surface area contributed by atoms with E-state index in [0.717, 1.165) is 18.8 Å². The molecule has 0 bridgehead atoms. The number of nitrogens with one attached hydrogen (secondary N) is 2. The van der Waals surface area contributed by atoms with Crippen LogP contribution >= 0.6 is 0 Å². The van der Waals surface area contributed by atoms with Crippen LogP contribution in [0.3, 0.4) is 0 Å². The van der Waals surface area contributed by atoms with Gasteiger partial charge in [0.05, 0.1) is 24.6 Å². The van der Waals surface area contributed by atoms with Gasteiger partial charge in [0.2, 0.25) is 0 Å². The molecule has 0 spiro atoms. The third-order valence-electron chi connectivity index (χ3n) is 2.14. The second kappa shape index (κ2) is 3.25. The van der Waals surface area contributed by atoms with Gasteiger partial charge in [-0.05, 0) is 12.5 Å². The molecular weight excluding hydrogens is 154 g/mol. The Kier molecular flexibility index (Phi) is 2.10. The summed E-state index contributed by atoms with van der Waals surface area (Å²) in [4.78, 5) is 0. The second-order valence-corrected chi connectivity index (χ2v) is 3.12. The van der Waals surface area contributed by atoms with Crippen LogP contribution in [-0.4, -0.2) is 29.4 Å². The van der Waals surface area contributed by atoms with Gasteiger partial charge in [-0.2, -0.15) is 5.10 Å². The molecule has 4 nitrogen and oxygen atoms in total. The van der Waals surface area contributed by atoms with Crippen molar-refractivity contribution < 1.29 is 4.74 Å². The van der Waals surface area contributed by atoms with E-state index in [2.05, 4.69) is 15.5 Å². The fraction of sp³-hybridized carbons (Fsp3) is 0.625. The minimum absolute atomic E-state index is 0.396. The molecule has 66 valence electrons. The quantitative estimate of drug-likeness (QED) is 0.676. The molecule has 0 unspecified atom stereocenters. The lowest BCUT2D eigenvalue weighted by Crippen LogP contribution is -2.48. The first-order valence-corrected chi connectivity index (χ1v) is 4.17. The maximum absolute atomic E-state index is 5.57. The summed E-state index contributed by atoms with van der Waals surface area (Å²) in [6.07, 6.45) is 2.21. The van der Waals surface area contributed by atoms with Gasteiger partial charge in [-0.25, -0.2) is 0 Å². The summed E-state index contributed by atoms with van der Waals surface area (Å²) in [5.74, 6) is 0. The lowest BCUT2D eigenvalue weighted by atomic mass is 10.2. The fourth-order valence-electron chi connectivity index (χ4n) is 1.10. The SMILES string of the molecule is Cc1cn[nH]c1COC1CNC1. The van der Waals surface area contributed by atoms with E-state index in [-0.39, 0.29) is 0 Å². The topological polar surface area (TPSA) is 49.9 Å². The van der Waals surface area contributed by atoms with Gasteiger partial charge in [0.1, 0.15) is 0 Å². The molecular formula is C8H13N3O. The summed E-state index contributed by atoms with van der Waals surface area (Å²) in [6.45, 7) is 4.64. The maximum atomic E-state index is 5.57. The standard InChI is InChI=1S/C8H13N3O/c1-6-2-10-11-8(6)5-12-7-3-9-4-7/h2,7,9H,3-5H2,1H3,(H,10,11). The lowest BCUT2D eigenvalue weighted by Gasteiger charge is -2.26. The molecule has 1 aromatic rings. The second-order valence-electron chi connectivity index (χ2n) is 3.12. The zero-order valence-electron chi connectivity index (χ0n) is 7.13. The number of aromatic nitrogens is 2. The van der Waals surface area contributed by atoms with Crippen LogP contribution in [0.2, 0.25) is 0 Å². The highest BCUT2D eigenvalue weighted by atomic mass is 16.5. The van der Waals surface area contributed by atoms with Crippen LogP contribution in [0.25, 0.3) is 0 Å². The van der Waals surface area contributed by atoms with Crippen LogP contribution in [0, 0.1) is 6.92 Å². The van der Waals surface area contributed by atoms with Crippen LogP contribution < -0.4 is 5.32 Å². The first-order chi connectivity index (χ1) is 5.86. The number of ether oxygens (including phenoxy) is 1. The van der Waals surface area contributed by atoms with Gasteiger partial charge >= 0.3 is 0 Å². The van der Waals surface area contributed by atoms with E-state index in [1.807, 2.05) is 13.1 Å². The minimum Gasteiger partial charge on any atom is -0.369 e. The molecule has 12 heavy (non-hydrogen) atoms. The predicted molar refractivity (Wildman–Crippen MR) is 44.8 cm³/mol. The van der Waals surface area contributed by atoms with Crippen molar-refractivity contribution >= 4 is 0 Å². The molecule has 0 saturated carbocycles. The van der Waals surface area contributed by atoms with Gasteiger partial charge < -0.3 is 10.1 Å². The number of aromatic amines is 1. The maximum Gasteiger partial charge on any atom is 0.0889 e. The highest BCUT2D eigenvalue weighted by Crippen LogP contribution is 2.07. The van der Waals surface area contributed by atoms with Crippen LogP contribution in [0.4, 0.5) is 0 Å². The first kappa shape index (κ1) is 7.76. The summed E-state index contributed by atoms with van der Waals surface area (Å²) in [7, 11) is 0. The molecule has 1 aliphatic heterocycles. The molecule has 1 aromatic heterocycles. The van der Waals surface area contributed by atoms with Crippen molar-refractivity contribution in [2.45, 2.75) is 19.6 Å². The molecule has 0 aromatic carbocycles. The van der Waals surface area contributed by atoms with E-state index in [9.17, 15) is 0 Å². The number of aryl methyl sites for hydroxylation is 1. The summed E-state index contributed by atoms with van der Waals surface area (Å²) >= 11 is 0. The molecule has 1 saturated heterocycles. The van der Waals surface area contributed by atoms with Crippen molar-refractivity contribution in [3.63, 3.8) is 0 Å². The van der Waals surface area contributed by atoms with E-state index >= 15 is 0 Å². The van der Waals surface area contributed by atoms with Crippen molar-refractivity contribution in [3.05, 3.63) is 17.5 Å². The Labute approximate surface area is 71.3 Å². The Hall–Kier alpha value is -0.870. The van der Waals surface area contributed by atoms with Gasteiger partial charge in [0.15, 0.2) is 0 Å². The molecule has 4 heteroatoms. The van der Waals surface area contributed by atoms with Crippen molar-refractivity contribution in [1.29, 1.82) is 0 Å². The molecule has 1 aliphatic rings. The van der Waals surface area contributed by atoms with Crippen LogP contribution in [0.1, 0.15) is 11.3 Å². The van der Waals surface area contributed by atoms with Gasteiger partial charge in [0.25, 0.3) is 0 Å². The molecule has 2 heterocycles. The summed E-state index contributed by atoms with van der Waals surface area (Å²) in [6, 6.07) is 0. The Morgan fingerprint density at radius 2 is 2.50 bits per heavy atom. The molecule has 2 N–H and O–H groups in total. The van der Waals surface area contributed by atoms with Gasteiger partial charge in [-0.3, -0.25) is 5.10 Å². The van der Waals surface area contributed by atoms with Gasteiger partial charge in [-0.1, -0.05) is 0 Å². The Morgan fingerprint density at radius 1 is 1.67 bits per heavy atom. The van der Waals surface area contributed by atoms with E-state index in [4.69, 9.17) is 4.74 Å². The smallest absolute Gasteiger partial charge is 0.0889 e. The van der Waals surface area contributed by atoms with Crippen molar-refractivity contribution in [1.82, 2.24) is 15.5 Å². The minimum atomic E-state index is 0.396. The number of hydrogen-bond acceptors (Lipinski definition) is 3. The van der Waals surface area contributed by atoms with E-state index in [1.165, 1.54) is 5.56 Å². The first-order valence-electron chi connectivity index (χ1n) is 4.17. The summed E-state index contributed by atoms with van der Waals surface area (Å²) in [5.41, 5.74) is 2.25. The molecule has 2 rings (SSSR count). The van der Waals surface area contributed by atoms with Crippen molar-refractivity contribution in [2.24, 2.45) is 0 Å². The molecule has 1 fully saturated rings. The molecule has 0 aliphatic carbocycles. The zero-order chi connectivity index (χ0) is 8.39. The average Bonchev–Trinajstić information content (AvgIpc) is 2.33. The highest BCUT2D eigenvalue weighted by Gasteiger charge is 2.17. The monoisotopic (exact) mass is 167 g/mol.